The predicted molar refractivity (Wildman–Crippen MR) is 263 cm³/mol. The van der Waals surface area contributed by atoms with E-state index in [2.05, 4.69) is 62.2 Å². The van der Waals surface area contributed by atoms with Crippen molar-refractivity contribution in [3.63, 3.8) is 0 Å². The largest absolute Gasteiger partial charge is 0.508 e. The number of carbonyl (C=O) groups excluding carboxylic acids is 4. The topological polar surface area (TPSA) is 232 Å². The Morgan fingerprint density at radius 3 is 2.19 bits per heavy atom. The van der Waals surface area contributed by atoms with Gasteiger partial charge >= 0.3 is 7.12 Å². The van der Waals surface area contributed by atoms with Crippen LogP contribution in [-0.2, 0) is 20.5 Å². The van der Waals surface area contributed by atoms with Crippen LogP contribution in [0.25, 0.3) is 17.1 Å². The molecule has 3 heterocycles. The minimum Gasteiger partial charge on any atom is -0.508 e. The third-order valence-corrected chi connectivity index (χ3v) is 12.6. The van der Waals surface area contributed by atoms with E-state index in [9.17, 15) is 29.4 Å². The predicted octanol–water partition coefficient (Wildman–Crippen LogP) is 6.87. The van der Waals surface area contributed by atoms with Gasteiger partial charge in [0.2, 0.25) is 11.7 Å². The third kappa shape index (κ3) is 12.9. The molecule has 69 heavy (non-hydrogen) atoms. The van der Waals surface area contributed by atoms with Crippen LogP contribution < -0.4 is 21.3 Å². The second kappa shape index (κ2) is 23.1. The minimum absolute atomic E-state index is 0.00139. The molecule has 0 spiro atoms. The van der Waals surface area contributed by atoms with Crippen molar-refractivity contribution >= 4 is 30.7 Å². The summed E-state index contributed by atoms with van der Waals surface area (Å²) in [6.45, 7) is 16.7. The van der Waals surface area contributed by atoms with Crippen molar-refractivity contribution in [3.8, 4) is 28.6 Å². The number of unbranched alkanes of at least 4 members (excludes halogenated alkanes) is 3. The van der Waals surface area contributed by atoms with Gasteiger partial charge in [0, 0.05) is 49.2 Å². The molecule has 1 unspecified atom stereocenters. The number of phenolic OH excluding ortho intramolecular Hbond substituents is 2. The van der Waals surface area contributed by atoms with Gasteiger partial charge in [0.05, 0.1) is 28.9 Å². The maximum absolute atomic E-state index is 14.1. The van der Waals surface area contributed by atoms with E-state index in [0.29, 0.717) is 42.7 Å². The van der Waals surface area contributed by atoms with E-state index in [1.165, 1.54) is 29.2 Å². The van der Waals surface area contributed by atoms with Gasteiger partial charge in [-0.05, 0) is 100 Å². The van der Waals surface area contributed by atoms with Crippen molar-refractivity contribution in [2.24, 2.45) is 5.92 Å². The van der Waals surface area contributed by atoms with E-state index in [4.69, 9.17) is 9.31 Å². The average Bonchev–Trinajstić information content (AvgIpc) is 3.86. The van der Waals surface area contributed by atoms with Gasteiger partial charge in [-0.1, -0.05) is 77.3 Å². The smallest absolute Gasteiger partial charge is 0.481 e. The second-order valence-corrected chi connectivity index (χ2v) is 19.0. The Morgan fingerprint density at radius 2 is 1.52 bits per heavy atom. The normalized spacial score (nSPS) is 16.3. The lowest BCUT2D eigenvalue weighted by molar-refractivity contribution is -0.123. The van der Waals surface area contributed by atoms with E-state index in [1.807, 2.05) is 58.0 Å². The first-order valence-corrected chi connectivity index (χ1v) is 23.9. The van der Waals surface area contributed by atoms with Crippen molar-refractivity contribution in [1.29, 1.82) is 0 Å². The molecule has 0 bridgehead atoms. The molecule has 1 aliphatic rings. The van der Waals surface area contributed by atoms with E-state index >= 15 is 0 Å². The molecule has 4 amide bonds. The molecule has 5 aromatic rings. The monoisotopic (exact) mass is 944 g/mol. The summed E-state index contributed by atoms with van der Waals surface area (Å²) in [4.78, 5) is 61.7. The van der Waals surface area contributed by atoms with Gasteiger partial charge in [0.15, 0.2) is 5.82 Å². The summed E-state index contributed by atoms with van der Waals surface area (Å²) in [6, 6.07) is 18.2. The first-order valence-electron chi connectivity index (χ1n) is 23.9. The highest BCUT2D eigenvalue weighted by atomic mass is 16.7. The number of rotatable bonds is 22. The number of phenols is 2. The van der Waals surface area contributed by atoms with Gasteiger partial charge in [-0.2, -0.15) is 0 Å². The van der Waals surface area contributed by atoms with Crippen LogP contribution >= 0.6 is 0 Å². The molecule has 1 aliphatic heterocycles. The fourth-order valence-corrected chi connectivity index (χ4v) is 8.43. The molecule has 0 radical (unpaired) electrons. The average molecular weight is 944 g/mol. The molecule has 6 rings (SSSR count). The Labute approximate surface area is 404 Å². The highest BCUT2D eigenvalue weighted by molar-refractivity contribution is 6.48. The van der Waals surface area contributed by atoms with E-state index in [1.54, 1.807) is 37.3 Å². The summed E-state index contributed by atoms with van der Waals surface area (Å²) in [6.07, 6.45) is 9.22. The lowest BCUT2D eigenvalue weighted by Crippen LogP contribution is -2.55. The molecule has 2 aromatic heterocycles. The Kier molecular flexibility index (Phi) is 17.3. The summed E-state index contributed by atoms with van der Waals surface area (Å²) in [7, 11) is -0.722. The molecule has 1 fully saturated rings. The van der Waals surface area contributed by atoms with Gasteiger partial charge in [-0.25, -0.2) is 4.98 Å². The molecule has 3 atom stereocenters. The van der Waals surface area contributed by atoms with Crippen molar-refractivity contribution < 1.29 is 38.7 Å². The van der Waals surface area contributed by atoms with Crippen LogP contribution in [0.2, 0.25) is 0 Å². The van der Waals surface area contributed by atoms with Crippen molar-refractivity contribution in [2.75, 3.05) is 13.1 Å². The zero-order chi connectivity index (χ0) is 49.9. The number of hydrogen-bond acceptors (Lipinski definition) is 12. The summed E-state index contributed by atoms with van der Waals surface area (Å²) in [5.41, 5.74) is 1.48. The molecule has 17 nitrogen and oxygen atoms in total. The quantitative estimate of drug-likeness (QED) is 0.0308. The summed E-state index contributed by atoms with van der Waals surface area (Å²) >= 11 is 0. The second-order valence-electron chi connectivity index (χ2n) is 19.0. The maximum atomic E-state index is 14.1. The fourth-order valence-electron chi connectivity index (χ4n) is 8.43. The Balaban J connectivity index is 1.02. The van der Waals surface area contributed by atoms with Crippen LogP contribution in [0.1, 0.15) is 142 Å². The van der Waals surface area contributed by atoms with Gasteiger partial charge in [-0.3, -0.25) is 28.7 Å². The Bertz CT molecular complexity index is 2540. The molecule has 366 valence electrons. The van der Waals surface area contributed by atoms with Crippen LogP contribution in [-0.4, -0.2) is 102 Å². The maximum Gasteiger partial charge on any atom is 0.481 e. The highest BCUT2D eigenvalue weighted by Crippen LogP contribution is 2.42. The van der Waals surface area contributed by atoms with Crippen LogP contribution in [0, 0.1) is 5.92 Å². The Morgan fingerprint density at radius 1 is 0.797 bits per heavy atom. The number of hydrogen-bond donors (Lipinski definition) is 6. The number of carbonyl (C=O) groups is 4. The minimum atomic E-state index is -0.898. The zero-order valence-corrected chi connectivity index (χ0v) is 40.9. The number of nitrogens with zero attached hydrogens (tertiary/aromatic N) is 5. The fraction of sp³-hybridized carbons (Fsp3) is 0.451. The van der Waals surface area contributed by atoms with Crippen molar-refractivity contribution in [1.82, 2.24) is 46.0 Å². The van der Waals surface area contributed by atoms with Crippen LogP contribution in [0.5, 0.6) is 11.5 Å². The molecular weight excluding hydrogens is 877 g/mol. The standard InChI is InChI=1S/C51H66BN9O8/c1-9-54-49(67)45-60-59-44(38-29-37(33(4)5)41(62)30-42(38)63)61(45)36-21-19-35(20-22-36)46(64)56-24-16-11-10-15-23-51(8)50(6,7)68-52(69-51)43(27-32(2)3)58-47(65)39(28-34-17-13-12-14-18-34)57-48(66)40-31-53-25-26-55-40/h12-14,17-22,25-26,29-33,39,43,62-63H,9-11,15-16,23-24,27-28H2,1-8H3,(H,54,67)(H,56,64)(H,57,66)(H,58,65)/t39-,43-,51?/m0/s1. The van der Waals surface area contributed by atoms with Crippen LogP contribution in [0.15, 0.2) is 85.3 Å². The highest BCUT2D eigenvalue weighted by Gasteiger charge is 2.56. The Hall–Kier alpha value is -6.66. The van der Waals surface area contributed by atoms with E-state index in [0.717, 1.165) is 31.2 Å². The van der Waals surface area contributed by atoms with Gasteiger partial charge in [0.25, 0.3) is 17.7 Å². The number of amides is 4. The van der Waals surface area contributed by atoms with Crippen molar-refractivity contribution in [2.45, 2.75) is 129 Å². The van der Waals surface area contributed by atoms with Crippen molar-refractivity contribution in [3.05, 3.63) is 114 Å². The first kappa shape index (κ1) is 51.7. The van der Waals surface area contributed by atoms with Gasteiger partial charge < -0.3 is 40.8 Å². The molecular formula is C51H66BN9O8. The SMILES string of the molecule is CCNC(=O)c1nnc(-c2cc(C(C)C)c(O)cc2O)n1-c1ccc(C(=O)NCCCCCCC2(C)OB([C@H](CC(C)C)NC(=O)[C@H](Cc3ccccc3)NC(=O)c3cnccn3)OC2(C)C)cc1. The number of nitrogens with one attached hydrogen (secondary N) is 4. The lowest BCUT2D eigenvalue weighted by atomic mass is 9.73. The molecule has 3 aromatic carbocycles. The molecule has 1 saturated heterocycles. The van der Waals surface area contributed by atoms with E-state index in [-0.39, 0.29) is 64.5 Å². The van der Waals surface area contributed by atoms with Crippen LogP contribution in [0.3, 0.4) is 0 Å². The van der Waals surface area contributed by atoms with Crippen LogP contribution in [0.4, 0.5) is 0 Å². The first-order chi connectivity index (χ1) is 32.9. The lowest BCUT2D eigenvalue weighted by Gasteiger charge is -2.36. The van der Waals surface area contributed by atoms with Gasteiger partial charge in [-0.15, -0.1) is 10.2 Å². The summed E-state index contributed by atoms with van der Waals surface area (Å²) < 4.78 is 14.9. The molecule has 0 aliphatic carbocycles. The number of aromatic hydroxyl groups is 2. The van der Waals surface area contributed by atoms with E-state index < -0.39 is 42.1 Å². The van der Waals surface area contributed by atoms with Gasteiger partial charge in [0.1, 0.15) is 23.2 Å². The summed E-state index contributed by atoms with van der Waals surface area (Å²) in [5.74, 6) is -1.99. The zero-order valence-electron chi connectivity index (χ0n) is 40.9. The molecule has 18 heteroatoms. The summed E-state index contributed by atoms with van der Waals surface area (Å²) in [5, 5.41) is 41.5. The molecule has 6 N–H and O–H groups in total. The number of aromatic nitrogens is 5. The number of benzene rings is 3. The third-order valence-electron chi connectivity index (χ3n) is 12.6. The molecule has 0 saturated carbocycles.